The van der Waals surface area contributed by atoms with Crippen molar-refractivity contribution in [2.45, 2.75) is 13.8 Å². The number of hydrogen-bond acceptors (Lipinski definition) is 1. The topological polar surface area (TPSA) is 17.8 Å². The molecule has 1 aromatic heterocycles. The summed E-state index contributed by atoms with van der Waals surface area (Å²) < 4.78 is 2.02. The number of imidazole rings is 1. The first-order valence-corrected chi connectivity index (χ1v) is 4.33. The Morgan fingerprint density at radius 2 is 2.08 bits per heavy atom. The number of aromatic nitrogens is 2. The standard InChI is InChI=1S/C11H12N2/c1-9-3-4-11(10(2)7-9)13-6-5-12-8-13/h3-8H,1-2H3. The average Bonchev–Trinajstić information content (AvgIpc) is 2.56. The molecule has 2 rings (SSSR count). The quantitative estimate of drug-likeness (QED) is 0.646. The minimum absolute atomic E-state index is 1.20. The normalized spacial score (nSPS) is 10.3. The average molecular weight is 172 g/mol. The number of rotatable bonds is 1. The second kappa shape index (κ2) is 3.05. The van der Waals surface area contributed by atoms with Crippen molar-refractivity contribution in [1.29, 1.82) is 0 Å². The van der Waals surface area contributed by atoms with Crippen LogP contribution in [0.2, 0.25) is 0 Å². The molecule has 2 nitrogen and oxygen atoms in total. The monoisotopic (exact) mass is 172 g/mol. The Bertz CT molecular complexity index is 402. The molecule has 2 aromatic rings. The van der Waals surface area contributed by atoms with Crippen LogP contribution in [0, 0.1) is 13.8 Å². The molecule has 1 heterocycles. The van der Waals surface area contributed by atoms with Gasteiger partial charge in [0.25, 0.3) is 0 Å². The van der Waals surface area contributed by atoms with Gasteiger partial charge in [0.15, 0.2) is 0 Å². The van der Waals surface area contributed by atoms with Gasteiger partial charge in [-0.15, -0.1) is 0 Å². The van der Waals surface area contributed by atoms with Gasteiger partial charge in [-0.1, -0.05) is 17.7 Å². The Balaban J connectivity index is 2.53. The minimum Gasteiger partial charge on any atom is -0.306 e. The fourth-order valence-corrected chi connectivity index (χ4v) is 1.50. The molecule has 0 aliphatic rings. The second-order valence-electron chi connectivity index (χ2n) is 3.26. The van der Waals surface area contributed by atoms with Crippen LogP contribution in [-0.2, 0) is 0 Å². The molecule has 0 saturated carbocycles. The highest BCUT2D eigenvalue weighted by molar-refractivity contribution is 5.42. The van der Waals surface area contributed by atoms with Crippen LogP contribution in [0.25, 0.3) is 5.69 Å². The van der Waals surface area contributed by atoms with E-state index >= 15 is 0 Å². The van der Waals surface area contributed by atoms with Gasteiger partial charge in [0.1, 0.15) is 0 Å². The summed E-state index contributed by atoms with van der Waals surface area (Å²) in [4.78, 5) is 4.03. The highest BCUT2D eigenvalue weighted by atomic mass is 15.0. The highest BCUT2D eigenvalue weighted by Crippen LogP contribution is 2.14. The van der Waals surface area contributed by atoms with Crippen molar-refractivity contribution in [2.75, 3.05) is 0 Å². The summed E-state index contributed by atoms with van der Waals surface area (Å²) >= 11 is 0. The maximum atomic E-state index is 4.03. The molecule has 0 radical (unpaired) electrons. The van der Waals surface area contributed by atoms with Gasteiger partial charge in [-0.2, -0.15) is 0 Å². The molecular formula is C11H12N2. The molecule has 0 unspecified atom stereocenters. The van der Waals surface area contributed by atoms with E-state index in [0.29, 0.717) is 0 Å². The molecule has 13 heavy (non-hydrogen) atoms. The Morgan fingerprint density at radius 1 is 1.23 bits per heavy atom. The summed E-state index contributed by atoms with van der Waals surface area (Å²) in [5, 5.41) is 0. The predicted octanol–water partition coefficient (Wildman–Crippen LogP) is 2.49. The van der Waals surface area contributed by atoms with Crippen molar-refractivity contribution in [3.63, 3.8) is 0 Å². The lowest BCUT2D eigenvalue weighted by Crippen LogP contribution is -1.93. The molecule has 0 atom stereocenters. The maximum Gasteiger partial charge on any atom is 0.0991 e. The van der Waals surface area contributed by atoms with E-state index in [1.165, 1.54) is 16.8 Å². The fourth-order valence-electron chi connectivity index (χ4n) is 1.50. The van der Waals surface area contributed by atoms with E-state index in [1.807, 2.05) is 17.1 Å². The Morgan fingerprint density at radius 3 is 2.69 bits per heavy atom. The van der Waals surface area contributed by atoms with Crippen molar-refractivity contribution >= 4 is 0 Å². The van der Waals surface area contributed by atoms with E-state index in [0.717, 1.165) is 0 Å². The SMILES string of the molecule is Cc1ccc(-n2ccnc2)c(C)c1. The van der Waals surface area contributed by atoms with Crippen LogP contribution < -0.4 is 0 Å². The lowest BCUT2D eigenvalue weighted by Gasteiger charge is -2.06. The molecule has 0 bridgehead atoms. The van der Waals surface area contributed by atoms with Crippen molar-refractivity contribution in [3.8, 4) is 5.69 Å². The third-order valence-electron chi connectivity index (χ3n) is 2.13. The molecule has 0 spiro atoms. The molecule has 0 aliphatic heterocycles. The van der Waals surface area contributed by atoms with Gasteiger partial charge in [0.05, 0.1) is 6.33 Å². The zero-order valence-electron chi connectivity index (χ0n) is 7.86. The Hall–Kier alpha value is -1.57. The van der Waals surface area contributed by atoms with E-state index in [-0.39, 0.29) is 0 Å². The van der Waals surface area contributed by atoms with Crippen LogP contribution in [0.3, 0.4) is 0 Å². The fraction of sp³-hybridized carbons (Fsp3) is 0.182. The largest absolute Gasteiger partial charge is 0.306 e. The highest BCUT2D eigenvalue weighted by Gasteiger charge is 1.98. The zero-order chi connectivity index (χ0) is 9.26. The molecule has 0 N–H and O–H groups in total. The molecule has 2 heteroatoms. The first-order valence-electron chi connectivity index (χ1n) is 4.33. The van der Waals surface area contributed by atoms with Gasteiger partial charge in [-0.05, 0) is 25.5 Å². The van der Waals surface area contributed by atoms with Crippen LogP contribution in [0.1, 0.15) is 11.1 Å². The summed E-state index contributed by atoms with van der Waals surface area (Å²) in [6, 6.07) is 6.41. The molecular weight excluding hydrogens is 160 g/mol. The molecule has 0 amide bonds. The van der Waals surface area contributed by atoms with Crippen LogP contribution in [0.4, 0.5) is 0 Å². The van der Waals surface area contributed by atoms with Gasteiger partial charge in [-0.25, -0.2) is 4.98 Å². The second-order valence-corrected chi connectivity index (χ2v) is 3.26. The first-order chi connectivity index (χ1) is 6.27. The third-order valence-corrected chi connectivity index (χ3v) is 2.13. The van der Waals surface area contributed by atoms with Crippen molar-refractivity contribution in [3.05, 3.63) is 48.0 Å². The minimum atomic E-state index is 1.20. The van der Waals surface area contributed by atoms with Crippen LogP contribution >= 0.6 is 0 Å². The van der Waals surface area contributed by atoms with E-state index in [2.05, 4.69) is 37.0 Å². The van der Waals surface area contributed by atoms with E-state index in [4.69, 9.17) is 0 Å². The maximum absolute atomic E-state index is 4.03. The van der Waals surface area contributed by atoms with E-state index < -0.39 is 0 Å². The summed E-state index contributed by atoms with van der Waals surface area (Å²) in [5.74, 6) is 0. The summed E-state index contributed by atoms with van der Waals surface area (Å²) in [7, 11) is 0. The number of nitrogens with zero attached hydrogens (tertiary/aromatic N) is 2. The number of aryl methyl sites for hydroxylation is 2. The number of hydrogen-bond donors (Lipinski definition) is 0. The van der Waals surface area contributed by atoms with E-state index in [9.17, 15) is 0 Å². The van der Waals surface area contributed by atoms with Gasteiger partial charge in [0, 0.05) is 18.1 Å². The van der Waals surface area contributed by atoms with Crippen molar-refractivity contribution in [1.82, 2.24) is 9.55 Å². The van der Waals surface area contributed by atoms with Crippen molar-refractivity contribution < 1.29 is 0 Å². The molecule has 0 aliphatic carbocycles. The summed E-state index contributed by atoms with van der Waals surface area (Å²) in [6.45, 7) is 4.22. The van der Waals surface area contributed by atoms with Crippen LogP contribution in [-0.4, -0.2) is 9.55 Å². The van der Waals surface area contributed by atoms with Gasteiger partial charge >= 0.3 is 0 Å². The third kappa shape index (κ3) is 1.47. The lowest BCUT2D eigenvalue weighted by atomic mass is 10.1. The Labute approximate surface area is 77.9 Å². The molecule has 0 saturated heterocycles. The Kier molecular flexibility index (Phi) is 1.89. The molecule has 1 aromatic carbocycles. The zero-order valence-corrected chi connectivity index (χ0v) is 7.86. The number of benzene rings is 1. The molecule has 0 fully saturated rings. The molecule has 66 valence electrons. The van der Waals surface area contributed by atoms with Gasteiger partial charge < -0.3 is 4.57 Å². The van der Waals surface area contributed by atoms with Gasteiger partial charge in [-0.3, -0.25) is 0 Å². The first kappa shape index (κ1) is 8.05. The van der Waals surface area contributed by atoms with Crippen LogP contribution in [0.15, 0.2) is 36.9 Å². The van der Waals surface area contributed by atoms with Gasteiger partial charge in [0.2, 0.25) is 0 Å². The summed E-state index contributed by atoms with van der Waals surface area (Å²) in [5.41, 5.74) is 3.77. The van der Waals surface area contributed by atoms with Crippen LogP contribution in [0.5, 0.6) is 0 Å². The van der Waals surface area contributed by atoms with Crippen molar-refractivity contribution in [2.24, 2.45) is 0 Å². The summed E-state index contributed by atoms with van der Waals surface area (Å²) in [6.07, 6.45) is 5.56. The predicted molar refractivity (Wildman–Crippen MR) is 53.0 cm³/mol. The smallest absolute Gasteiger partial charge is 0.0991 e. The van der Waals surface area contributed by atoms with E-state index in [1.54, 1.807) is 6.20 Å². The lowest BCUT2D eigenvalue weighted by molar-refractivity contribution is 1.04.